The number of aryl methyl sites for hydroxylation is 1. The molecular weight excluding hydrogens is 267 g/mol. The Labute approximate surface area is 118 Å². The van der Waals surface area contributed by atoms with E-state index in [2.05, 4.69) is 0 Å². The molecule has 4 heteroatoms. The molecule has 0 unspecified atom stereocenters. The van der Waals surface area contributed by atoms with Crippen LogP contribution in [0, 0.1) is 5.82 Å². The normalized spacial score (nSPS) is 11.9. The number of hydrogen-bond donors (Lipinski definition) is 0. The van der Waals surface area contributed by atoms with Gasteiger partial charge in [0.15, 0.2) is 0 Å². The van der Waals surface area contributed by atoms with Gasteiger partial charge in [0.1, 0.15) is 11.4 Å². The fraction of sp³-hybridized carbons (Fsp3) is 0.400. The molecule has 0 saturated carbocycles. The third-order valence-corrected chi connectivity index (χ3v) is 2.69. The average Bonchev–Trinajstić information content (AvgIpc) is 2.28. The lowest BCUT2D eigenvalue weighted by Crippen LogP contribution is -2.22. The second-order valence-corrected chi connectivity index (χ2v) is 5.56. The molecule has 0 N–H and O–H groups in total. The summed E-state index contributed by atoms with van der Waals surface area (Å²) in [5.41, 5.74) is 0.560. The second kappa shape index (κ2) is 6.20. The van der Waals surface area contributed by atoms with E-state index in [1.807, 2.05) is 6.92 Å². The van der Waals surface area contributed by atoms with E-state index in [1.165, 1.54) is 18.2 Å². The van der Waals surface area contributed by atoms with E-state index in [4.69, 9.17) is 16.3 Å². The van der Waals surface area contributed by atoms with Crippen LogP contribution in [0.2, 0.25) is 5.02 Å². The molecule has 104 valence electrons. The predicted molar refractivity (Wildman–Crippen MR) is 75.7 cm³/mol. The highest BCUT2D eigenvalue weighted by Gasteiger charge is 2.15. The van der Waals surface area contributed by atoms with Crippen LogP contribution in [0.25, 0.3) is 6.08 Å². The number of ether oxygens (including phenoxy) is 1. The van der Waals surface area contributed by atoms with Crippen LogP contribution in [0.5, 0.6) is 0 Å². The van der Waals surface area contributed by atoms with Gasteiger partial charge in [-0.05, 0) is 44.9 Å². The molecule has 0 fully saturated rings. The minimum Gasteiger partial charge on any atom is -0.457 e. The average molecular weight is 285 g/mol. The van der Waals surface area contributed by atoms with Crippen molar-refractivity contribution in [2.24, 2.45) is 0 Å². The number of carbonyl (C=O) groups is 1. The maximum atomic E-state index is 13.9. The van der Waals surface area contributed by atoms with Crippen molar-refractivity contribution in [1.82, 2.24) is 0 Å². The van der Waals surface area contributed by atoms with Crippen LogP contribution in [-0.2, 0) is 16.0 Å². The summed E-state index contributed by atoms with van der Waals surface area (Å²) >= 11 is 5.74. The zero-order valence-corrected chi connectivity index (χ0v) is 12.3. The van der Waals surface area contributed by atoms with Crippen LogP contribution in [0.4, 0.5) is 4.39 Å². The molecule has 0 aliphatic carbocycles. The van der Waals surface area contributed by atoms with Gasteiger partial charge in [-0.1, -0.05) is 24.6 Å². The van der Waals surface area contributed by atoms with Crippen molar-refractivity contribution in [2.45, 2.75) is 39.7 Å². The van der Waals surface area contributed by atoms with Crippen LogP contribution in [0.1, 0.15) is 38.8 Å². The Morgan fingerprint density at radius 1 is 1.42 bits per heavy atom. The van der Waals surface area contributed by atoms with Crippen molar-refractivity contribution in [2.75, 3.05) is 0 Å². The van der Waals surface area contributed by atoms with E-state index in [0.29, 0.717) is 12.0 Å². The molecule has 1 rings (SSSR count). The smallest absolute Gasteiger partial charge is 0.331 e. The summed E-state index contributed by atoms with van der Waals surface area (Å²) in [6.45, 7) is 7.23. The Kier molecular flexibility index (Phi) is 5.12. The van der Waals surface area contributed by atoms with E-state index in [9.17, 15) is 9.18 Å². The van der Waals surface area contributed by atoms with Crippen LogP contribution < -0.4 is 0 Å². The van der Waals surface area contributed by atoms with Crippen LogP contribution >= 0.6 is 11.6 Å². The van der Waals surface area contributed by atoms with Gasteiger partial charge in [0, 0.05) is 11.6 Å². The van der Waals surface area contributed by atoms with Gasteiger partial charge in [-0.15, -0.1) is 0 Å². The molecule has 0 aromatic heterocycles. The molecule has 0 aliphatic heterocycles. The zero-order chi connectivity index (χ0) is 14.6. The molecule has 0 spiro atoms. The van der Waals surface area contributed by atoms with Crippen molar-refractivity contribution in [3.63, 3.8) is 0 Å². The van der Waals surface area contributed by atoms with Gasteiger partial charge in [0.05, 0.1) is 5.02 Å². The largest absolute Gasteiger partial charge is 0.457 e. The molecule has 1 aromatic rings. The molecule has 0 radical (unpaired) electrons. The summed E-state index contributed by atoms with van der Waals surface area (Å²) in [6.07, 6.45) is 3.29. The number of esters is 1. The first-order valence-corrected chi connectivity index (χ1v) is 6.50. The van der Waals surface area contributed by atoms with Crippen molar-refractivity contribution in [1.29, 1.82) is 0 Å². The first kappa shape index (κ1) is 15.7. The minimum atomic E-state index is -0.568. The van der Waals surface area contributed by atoms with Gasteiger partial charge in [0.2, 0.25) is 0 Å². The lowest BCUT2D eigenvalue weighted by atomic mass is 10.0. The number of carbonyl (C=O) groups excluding carboxylic acids is 1. The fourth-order valence-electron chi connectivity index (χ4n) is 1.58. The van der Waals surface area contributed by atoms with E-state index in [1.54, 1.807) is 26.8 Å². The minimum absolute atomic E-state index is 0.0426. The van der Waals surface area contributed by atoms with E-state index in [0.717, 1.165) is 5.56 Å². The monoisotopic (exact) mass is 284 g/mol. The number of hydrogen-bond acceptors (Lipinski definition) is 2. The summed E-state index contributed by atoms with van der Waals surface area (Å²) in [7, 11) is 0. The highest BCUT2D eigenvalue weighted by molar-refractivity contribution is 6.30. The van der Waals surface area contributed by atoms with E-state index >= 15 is 0 Å². The molecule has 0 aliphatic rings. The number of benzene rings is 1. The van der Waals surface area contributed by atoms with Crippen LogP contribution in [0.3, 0.4) is 0 Å². The van der Waals surface area contributed by atoms with Gasteiger partial charge in [0.25, 0.3) is 0 Å². The summed E-state index contributed by atoms with van der Waals surface area (Å²) in [5.74, 6) is -1.02. The molecule has 19 heavy (non-hydrogen) atoms. The zero-order valence-electron chi connectivity index (χ0n) is 11.6. The van der Waals surface area contributed by atoms with Crippen LogP contribution in [-0.4, -0.2) is 11.6 Å². The van der Waals surface area contributed by atoms with Crippen LogP contribution in [0.15, 0.2) is 18.2 Å². The molecular formula is C15H18ClFO2. The third-order valence-electron chi connectivity index (χ3n) is 2.40. The Bertz CT molecular complexity index is 502. The Balaban J connectivity index is 2.99. The van der Waals surface area contributed by atoms with Gasteiger partial charge in [-0.3, -0.25) is 0 Å². The second-order valence-electron chi connectivity index (χ2n) is 5.15. The predicted octanol–water partition coefficient (Wildman–Crippen LogP) is 4.40. The Morgan fingerprint density at radius 2 is 2.05 bits per heavy atom. The van der Waals surface area contributed by atoms with Crippen molar-refractivity contribution in [3.8, 4) is 0 Å². The van der Waals surface area contributed by atoms with Gasteiger partial charge in [-0.25, -0.2) is 9.18 Å². The van der Waals surface area contributed by atoms with E-state index < -0.39 is 17.4 Å². The lowest BCUT2D eigenvalue weighted by molar-refractivity contribution is -0.148. The quantitative estimate of drug-likeness (QED) is 0.607. The van der Waals surface area contributed by atoms with Crippen molar-refractivity contribution >= 4 is 23.6 Å². The maximum Gasteiger partial charge on any atom is 0.331 e. The topological polar surface area (TPSA) is 26.3 Å². The number of rotatable bonds is 3. The molecule has 0 saturated heterocycles. The standard InChI is InChI=1S/C15H18ClFO2/c1-5-10-6-8-12(16)14(17)11(10)7-9-13(18)19-15(2,3)4/h6-9H,5H2,1-4H3/b9-7+. The van der Waals surface area contributed by atoms with Crippen molar-refractivity contribution < 1.29 is 13.9 Å². The first-order chi connectivity index (χ1) is 8.74. The first-order valence-electron chi connectivity index (χ1n) is 6.12. The Morgan fingerprint density at radius 3 is 2.58 bits per heavy atom. The number of halogens is 2. The highest BCUT2D eigenvalue weighted by atomic mass is 35.5. The lowest BCUT2D eigenvalue weighted by Gasteiger charge is -2.18. The Hall–Kier alpha value is -1.35. The summed E-state index contributed by atoms with van der Waals surface area (Å²) in [6, 6.07) is 3.26. The van der Waals surface area contributed by atoms with Gasteiger partial charge in [-0.2, -0.15) is 0 Å². The SMILES string of the molecule is CCc1ccc(Cl)c(F)c1/C=C/C(=O)OC(C)(C)C. The molecule has 0 bridgehead atoms. The third kappa shape index (κ3) is 4.67. The summed E-state index contributed by atoms with van der Waals surface area (Å²) < 4.78 is 19.0. The summed E-state index contributed by atoms with van der Waals surface area (Å²) in [4.78, 5) is 11.6. The molecule has 0 atom stereocenters. The summed E-state index contributed by atoms with van der Waals surface area (Å²) in [5, 5.41) is 0.0426. The van der Waals surface area contributed by atoms with Gasteiger partial charge < -0.3 is 4.74 Å². The maximum absolute atomic E-state index is 13.9. The molecule has 0 heterocycles. The van der Waals surface area contributed by atoms with Crippen molar-refractivity contribution in [3.05, 3.63) is 40.2 Å². The van der Waals surface area contributed by atoms with Gasteiger partial charge >= 0.3 is 5.97 Å². The molecule has 1 aromatic carbocycles. The fourth-order valence-corrected chi connectivity index (χ4v) is 1.75. The van der Waals surface area contributed by atoms with E-state index in [-0.39, 0.29) is 5.02 Å². The highest BCUT2D eigenvalue weighted by Crippen LogP contribution is 2.23. The molecule has 2 nitrogen and oxygen atoms in total. The molecule has 0 amide bonds.